The number of phenols is 2. The minimum absolute atomic E-state index is 0.0821. The highest BCUT2D eigenvalue weighted by Crippen LogP contribution is 2.39. The molecule has 26 heavy (non-hydrogen) atoms. The summed E-state index contributed by atoms with van der Waals surface area (Å²) in [5.41, 5.74) is 1.24. The van der Waals surface area contributed by atoms with E-state index >= 15 is 0 Å². The number of hydrogen-bond acceptors (Lipinski definition) is 7. The summed E-state index contributed by atoms with van der Waals surface area (Å²) in [4.78, 5) is 13.2. The van der Waals surface area contributed by atoms with Crippen LogP contribution in [0.15, 0.2) is 42.2 Å². The van der Waals surface area contributed by atoms with Gasteiger partial charge in [0.25, 0.3) is 0 Å². The van der Waals surface area contributed by atoms with Gasteiger partial charge in [0, 0.05) is 18.7 Å². The number of ether oxygens (including phenoxy) is 2. The molecule has 0 amide bonds. The number of rotatable bonds is 5. The summed E-state index contributed by atoms with van der Waals surface area (Å²) < 4.78 is 10.2. The van der Waals surface area contributed by atoms with Crippen molar-refractivity contribution in [3.63, 3.8) is 0 Å². The molecule has 0 aromatic heterocycles. The van der Waals surface area contributed by atoms with Crippen LogP contribution < -0.4 is 20.1 Å². The third-order valence-corrected chi connectivity index (χ3v) is 4.12. The SMILES string of the molecule is COc1ccc(C(=O)C(=C2NCCN2)c2cc(O)c(O)c(OC)c2)cc1. The van der Waals surface area contributed by atoms with Gasteiger partial charge in [-0.3, -0.25) is 4.79 Å². The van der Waals surface area contributed by atoms with Gasteiger partial charge in [0.05, 0.1) is 19.8 Å². The molecule has 7 heteroatoms. The van der Waals surface area contributed by atoms with Crippen LogP contribution in [0.5, 0.6) is 23.0 Å². The van der Waals surface area contributed by atoms with Crippen molar-refractivity contribution in [2.45, 2.75) is 0 Å². The Hall–Kier alpha value is -3.35. The molecule has 0 spiro atoms. The predicted octanol–water partition coefficient (Wildman–Crippen LogP) is 1.86. The molecule has 1 heterocycles. The summed E-state index contributed by atoms with van der Waals surface area (Å²) >= 11 is 0. The first-order valence-corrected chi connectivity index (χ1v) is 8.06. The number of nitrogens with one attached hydrogen (secondary N) is 2. The molecule has 2 aromatic carbocycles. The van der Waals surface area contributed by atoms with Crippen LogP contribution in [0, 0.1) is 0 Å². The lowest BCUT2D eigenvalue weighted by molar-refractivity contribution is 0.105. The molecule has 1 aliphatic heterocycles. The van der Waals surface area contributed by atoms with E-state index in [4.69, 9.17) is 9.47 Å². The third-order valence-electron chi connectivity index (χ3n) is 4.12. The van der Waals surface area contributed by atoms with E-state index in [9.17, 15) is 15.0 Å². The molecule has 2 aromatic rings. The molecule has 0 aliphatic carbocycles. The van der Waals surface area contributed by atoms with Gasteiger partial charge in [-0.2, -0.15) is 0 Å². The number of phenolic OH excluding ortho intramolecular Hbond substituents is 2. The molecule has 1 fully saturated rings. The van der Waals surface area contributed by atoms with E-state index in [1.54, 1.807) is 31.4 Å². The molecule has 1 saturated heterocycles. The van der Waals surface area contributed by atoms with Crippen LogP contribution in [-0.2, 0) is 0 Å². The van der Waals surface area contributed by atoms with E-state index in [0.717, 1.165) is 0 Å². The van der Waals surface area contributed by atoms with Crippen LogP contribution in [0.25, 0.3) is 5.57 Å². The second-order valence-electron chi connectivity index (χ2n) is 5.71. The summed E-state index contributed by atoms with van der Waals surface area (Å²) in [5.74, 6) is 0.327. The zero-order valence-electron chi connectivity index (χ0n) is 14.5. The van der Waals surface area contributed by atoms with Crippen LogP contribution in [0.3, 0.4) is 0 Å². The minimum Gasteiger partial charge on any atom is -0.504 e. The van der Waals surface area contributed by atoms with Gasteiger partial charge < -0.3 is 30.3 Å². The Balaban J connectivity index is 2.11. The Bertz CT molecular complexity index is 851. The second-order valence-corrected chi connectivity index (χ2v) is 5.71. The molecule has 3 rings (SSSR count). The summed E-state index contributed by atoms with van der Waals surface area (Å²) in [7, 11) is 2.94. The van der Waals surface area contributed by atoms with Gasteiger partial charge in [-0.25, -0.2) is 0 Å². The van der Waals surface area contributed by atoms with Crippen molar-refractivity contribution in [1.82, 2.24) is 10.6 Å². The van der Waals surface area contributed by atoms with E-state index in [-0.39, 0.29) is 23.0 Å². The van der Waals surface area contributed by atoms with Crippen LogP contribution >= 0.6 is 0 Å². The summed E-state index contributed by atoms with van der Waals surface area (Å²) in [5, 5.41) is 26.1. The highest BCUT2D eigenvalue weighted by atomic mass is 16.5. The Kier molecular flexibility index (Phi) is 4.88. The lowest BCUT2D eigenvalue weighted by atomic mass is 9.95. The van der Waals surface area contributed by atoms with Crippen LogP contribution in [0.1, 0.15) is 15.9 Å². The largest absolute Gasteiger partial charge is 0.504 e. The average molecular weight is 356 g/mol. The van der Waals surface area contributed by atoms with Gasteiger partial charge in [0.2, 0.25) is 5.75 Å². The zero-order valence-corrected chi connectivity index (χ0v) is 14.5. The Morgan fingerprint density at radius 2 is 1.62 bits per heavy atom. The van der Waals surface area contributed by atoms with Crippen LogP contribution in [-0.4, -0.2) is 43.3 Å². The van der Waals surface area contributed by atoms with Crippen molar-refractivity contribution in [1.29, 1.82) is 0 Å². The second kappa shape index (κ2) is 7.26. The van der Waals surface area contributed by atoms with Crippen molar-refractivity contribution in [2.75, 3.05) is 27.3 Å². The van der Waals surface area contributed by atoms with Gasteiger partial charge in [-0.1, -0.05) is 0 Å². The number of ketones is 1. The maximum atomic E-state index is 13.2. The maximum absolute atomic E-state index is 13.2. The standard InChI is InChI=1S/C19H20N2O5/c1-25-13-5-3-11(4-6-13)17(23)16(19-20-7-8-21-19)12-9-14(22)18(24)15(10-12)26-2/h3-6,9-10,20-22,24H,7-8H2,1-2H3. The topological polar surface area (TPSA) is 100 Å². The van der Waals surface area contributed by atoms with Crippen molar-refractivity contribution in [3.05, 3.63) is 53.3 Å². The Morgan fingerprint density at radius 1 is 0.962 bits per heavy atom. The van der Waals surface area contributed by atoms with E-state index < -0.39 is 0 Å². The first-order chi connectivity index (χ1) is 12.5. The molecule has 0 unspecified atom stereocenters. The number of methoxy groups -OCH3 is 2. The fourth-order valence-electron chi connectivity index (χ4n) is 2.78. The van der Waals surface area contributed by atoms with Gasteiger partial charge in [0.1, 0.15) is 11.6 Å². The molecule has 1 aliphatic rings. The van der Waals surface area contributed by atoms with Crippen molar-refractivity contribution >= 4 is 11.4 Å². The molecule has 0 bridgehead atoms. The fourth-order valence-corrected chi connectivity index (χ4v) is 2.78. The molecule has 0 atom stereocenters. The Morgan fingerprint density at radius 3 is 2.19 bits per heavy atom. The number of benzene rings is 2. The lowest BCUT2D eigenvalue weighted by Crippen LogP contribution is -2.18. The van der Waals surface area contributed by atoms with Gasteiger partial charge in [0.15, 0.2) is 17.3 Å². The highest BCUT2D eigenvalue weighted by Gasteiger charge is 2.24. The molecule has 136 valence electrons. The number of allylic oxidation sites excluding steroid dienone is 1. The average Bonchev–Trinajstić information content (AvgIpc) is 3.18. The van der Waals surface area contributed by atoms with E-state index in [1.807, 2.05) is 0 Å². The first kappa shape index (κ1) is 17.5. The van der Waals surface area contributed by atoms with Gasteiger partial charge >= 0.3 is 0 Å². The predicted molar refractivity (Wildman–Crippen MR) is 96.6 cm³/mol. The normalized spacial score (nSPS) is 12.9. The molecular weight excluding hydrogens is 336 g/mol. The third kappa shape index (κ3) is 3.23. The van der Waals surface area contributed by atoms with Gasteiger partial charge in [-0.05, 0) is 42.0 Å². The zero-order chi connectivity index (χ0) is 18.7. The molecule has 4 N–H and O–H groups in total. The first-order valence-electron chi connectivity index (χ1n) is 8.06. The molecular formula is C19H20N2O5. The maximum Gasteiger partial charge on any atom is 0.200 e. The number of carbonyl (C=O) groups excluding carboxylic acids is 1. The van der Waals surface area contributed by atoms with Crippen molar-refractivity contribution in [3.8, 4) is 23.0 Å². The number of Topliss-reactive ketones (excluding diaryl/α,β-unsaturated/α-hetero) is 1. The summed E-state index contributed by atoms with van der Waals surface area (Å²) in [6, 6.07) is 9.62. The van der Waals surface area contributed by atoms with Crippen LogP contribution in [0.2, 0.25) is 0 Å². The highest BCUT2D eigenvalue weighted by molar-refractivity contribution is 6.29. The number of aromatic hydroxyl groups is 2. The molecule has 0 radical (unpaired) electrons. The number of carbonyl (C=O) groups is 1. The summed E-state index contributed by atoms with van der Waals surface area (Å²) in [6.07, 6.45) is 0. The molecule has 0 saturated carbocycles. The quantitative estimate of drug-likeness (QED) is 0.369. The van der Waals surface area contributed by atoms with E-state index in [0.29, 0.717) is 41.4 Å². The smallest absolute Gasteiger partial charge is 0.200 e. The minimum atomic E-state index is -0.371. The number of hydrogen-bond donors (Lipinski definition) is 4. The van der Waals surface area contributed by atoms with Crippen molar-refractivity contribution < 1.29 is 24.5 Å². The fraction of sp³-hybridized carbons (Fsp3) is 0.211. The van der Waals surface area contributed by atoms with E-state index in [1.165, 1.54) is 19.2 Å². The van der Waals surface area contributed by atoms with Crippen LogP contribution in [0.4, 0.5) is 0 Å². The van der Waals surface area contributed by atoms with Crippen molar-refractivity contribution in [2.24, 2.45) is 0 Å². The molecule has 7 nitrogen and oxygen atoms in total. The summed E-state index contributed by atoms with van der Waals surface area (Å²) in [6.45, 7) is 1.35. The van der Waals surface area contributed by atoms with Gasteiger partial charge in [-0.15, -0.1) is 0 Å². The lowest BCUT2D eigenvalue weighted by Gasteiger charge is -2.14. The monoisotopic (exact) mass is 356 g/mol. The Labute approximate surface area is 150 Å². The van der Waals surface area contributed by atoms with E-state index in [2.05, 4.69) is 10.6 Å².